The third-order valence-corrected chi connectivity index (χ3v) is 6.53. The monoisotopic (exact) mass is 483 g/mol. The number of aliphatic hydroxyl groups excluding tert-OH is 1. The maximum absolute atomic E-state index is 15.0. The van der Waals surface area contributed by atoms with Gasteiger partial charge in [0.25, 0.3) is 0 Å². The van der Waals surface area contributed by atoms with Gasteiger partial charge in [-0.15, -0.1) is 0 Å². The molecule has 0 aliphatic carbocycles. The highest BCUT2D eigenvalue weighted by atomic mass is 79.9. The van der Waals surface area contributed by atoms with Gasteiger partial charge in [-0.1, -0.05) is 29.8 Å². The van der Waals surface area contributed by atoms with Crippen LogP contribution in [0.4, 0.5) is 10.1 Å². The molecule has 2 aromatic rings. The molecule has 0 radical (unpaired) electrons. The van der Waals surface area contributed by atoms with E-state index >= 15 is 4.39 Å². The molecule has 1 amide bonds. The van der Waals surface area contributed by atoms with E-state index in [1.807, 2.05) is 0 Å². The van der Waals surface area contributed by atoms with Gasteiger partial charge in [-0.25, -0.2) is 4.39 Å². The second kappa shape index (κ2) is 7.32. The van der Waals surface area contributed by atoms with Crippen molar-refractivity contribution in [2.75, 3.05) is 11.9 Å². The predicted molar refractivity (Wildman–Crippen MR) is 108 cm³/mol. The van der Waals surface area contributed by atoms with E-state index in [-0.39, 0.29) is 16.5 Å². The number of amides is 1. The lowest BCUT2D eigenvalue weighted by Gasteiger charge is -2.38. The fourth-order valence-electron chi connectivity index (χ4n) is 4.46. The first-order chi connectivity index (χ1) is 13.8. The molecule has 152 valence electrons. The zero-order valence-corrected chi connectivity index (χ0v) is 17.2. The highest BCUT2D eigenvalue weighted by molar-refractivity contribution is 9.10. The molecule has 4 rings (SSSR count). The first-order valence-electron chi connectivity index (χ1n) is 8.84. The summed E-state index contributed by atoms with van der Waals surface area (Å²) in [7, 11) is 0. The summed E-state index contributed by atoms with van der Waals surface area (Å²) in [6.07, 6.45) is 0.0861. The Kier molecular flexibility index (Phi) is 5.10. The van der Waals surface area contributed by atoms with Crippen molar-refractivity contribution in [3.63, 3.8) is 0 Å². The molecule has 2 aliphatic rings. The zero-order chi connectivity index (χ0) is 20.9. The number of anilines is 1. The van der Waals surface area contributed by atoms with E-state index < -0.39 is 46.8 Å². The summed E-state index contributed by atoms with van der Waals surface area (Å²) in [4.78, 5) is 24.6. The molecule has 1 fully saturated rings. The van der Waals surface area contributed by atoms with Crippen LogP contribution >= 0.6 is 27.5 Å². The number of hydrogen-bond donors (Lipinski definition) is 3. The van der Waals surface area contributed by atoms with Gasteiger partial charge in [0.05, 0.1) is 23.0 Å². The van der Waals surface area contributed by atoms with Gasteiger partial charge in [-0.2, -0.15) is 0 Å². The summed E-state index contributed by atoms with van der Waals surface area (Å²) in [5, 5.41) is 27.9. The zero-order valence-electron chi connectivity index (χ0n) is 14.9. The Hall–Kier alpha value is -2.07. The second-order valence-electron chi connectivity index (χ2n) is 7.23. The molecule has 1 saturated heterocycles. The van der Waals surface area contributed by atoms with E-state index in [4.69, 9.17) is 11.6 Å². The Morgan fingerprint density at radius 2 is 2.14 bits per heavy atom. The maximum Gasteiger partial charge on any atom is 0.245 e. The molecular formula is C19H16BrClFN3O4. The van der Waals surface area contributed by atoms with Gasteiger partial charge in [0.2, 0.25) is 11.9 Å². The van der Waals surface area contributed by atoms with Crippen LogP contribution in [0.2, 0.25) is 5.02 Å². The third-order valence-electron chi connectivity index (χ3n) is 5.68. The van der Waals surface area contributed by atoms with E-state index in [2.05, 4.69) is 26.6 Å². The van der Waals surface area contributed by atoms with Crippen molar-refractivity contribution in [3.05, 3.63) is 73.0 Å². The molecule has 3 N–H and O–H groups in total. The molecule has 10 heteroatoms. The number of aliphatic hydroxyl groups is 1. The molecule has 0 saturated carbocycles. The standard InChI is InChI=1S/C19H16BrClFN3O4/c20-12-3-1-2-11(16(12)22)15-17(25(28)29)14(8-26)24-19(15)7-9-4-5-10(21)6-13(9)23-18(19)27/h1-6,14-15,17,24,26H,7-8H2,(H,23,27)/t14-,15-,17+,19+/m0/s1. The molecule has 0 unspecified atom stereocenters. The van der Waals surface area contributed by atoms with E-state index in [0.29, 0.717) is 16.3 Å². The Labute approximate surface area is 178 Å². The van der Waals surface area contributed by atoms with Gasteiger partial charge >= 0.3 is 0 Å². The first-order valence-corrected chi connectivity index (χ1v) is 10.0. The summed E-state index contributed by atoms with van der Waals surface area (Å²) in [5.74, 6) is -2.34. The number of hydrogen-bond acceptors (Lipinski definition) is 5. The van der Waals surface area contributed by atoms with Gasteiger partial charge in [0, 0.05) is 27.6 Å². The fourth-order valence-corrected chi connectivity index (χ4v) is 5.02. The van der Waals surface area contributed by atoms with Crippen molar-refractivity contribution in [3.8, 4) is 0 Å². The highest BCUT2D eigenvalue weighted by Gasteiger charge is 2.64. The fraction of sp³-hybridized carbons (Fsp3) is 0.316. The number of nitrogens with zero attached hydrogens (tertiary/aromatic N) is 1. The van der Waals surface area contributed by atoms with Gasteiger partial charge < -0.3 is 10.4 Å². The summed E-state index contributed by atoms with van der Waals surface area (Å²) >= 11 is 9.12. The molecule has 1 spiro atoms. The van der Waals surface area contributed by atoms with Crippen molar-refractivity contribution in [1.29, 1.82) is 0 Å². The molecule has 2 aromatic carbocycles. The summed E-state index contributed by atoms with van der Waals surface area (Å²) < 4.78 is 15.2. The van der Waals surface area contributed by atoms with E-state index in [1.54, 1.807) is 24.3 Å². The molecule has 7 nitrogen and oxygen atoms in total. The van der Waals surface area contributed by atoms with Crippen molar-refractivity contribution >= 4 is 39.1 Å². The van der Waals surface area contributed by atoms with Crippen LogP contribution in [0.25, 0.3) is 0 Å². The van der Waals surface area contributed by atoms with E-state index in [1.165, 1.54) is 12.1 Å². The number of nitro groups is 1. The number of carbonyl (C=O) groups excluding carboxylic acids is 1. The molecule has 0 aromatic heterocycles. The van der Waals surface area contributed by atoms with Gasteiger partial charge in [-0.3, -0.25) is 20.2 Å². The Morgan fingerprint density at radius 1 is 1.38 bits per heavy atom. The lowest BCUT2D eigenvalue weighted by Crippen LogP contribution is -2.59. The number of fused-ring (bicyclic) bond motifs is 1. The topological polar surface area (TPSA) is 104 Å². The molecule has 4 atom stereocenters. The van der Waals surface area contributed by atoms with Crippen molar-refractivity contribution in [2.45, 2.75) is 30.0 Å². The predicted octanol–water partition coefficient (Wildman–Crippen LogP) is 2.87. The Morgan fingerprint density at radius 3 is 2.83 bits per heavy atom. The first kappa shape index (κ1) is 20.2. The molecule has 2 aliphatic heterocycles. The normalized spacial score (nSPS) is 28.3. The van der Waals surface area contributed by atoms with Gasteiger partial charge in [0.15, 0.2) is 0 Å². The van der Waals surface area contributed by atoms with Crippen LogP contribution in [0.5, 0.6) is 0 Å². The second-order valence-corrected chi connectivity index (χ2v) is 8.52. The minimum absolute atomic E-state index is 0.0390. The Balaban J connectivity index is 1.92. The lowest BCUT2D eigenvalue weighted by atomic mass is 9.72. The number of benzene rings is 2. The maximum atomic E-state index is 15.0. The average Bonchev–Trinajstić information content (AvgIpc) is 3.00. The van der Waals surface area contributed by atoms with E-state index in [9.17, 15) is 20.0 Å². The summed E-state index contributed by atoms with van der Waals surface area (Å²) in [6.45, 7) is -0.569. The number of carbonyl (C=O) groups is 1. The van der Waals surface area contributed by atoms with Crippen LogP contribution < -0.4 is 10.6 Å². The quantitative estimate of drug-likeness (QED) is 0.459. The van der Waals surface area contributed by atoms with Crippen LogP contribution in [-0.4, -0.2) is 40.2 Å². The molecule has 2 heterocycles. The molecule has 29 heavy (non-hydrogen) atoms. The largest absolute Gasteiger partial charge is 0.394 e. The number of halogens is 3. The van der Waals surface area contributed by atoms with Crippen molar-refractivity contribution in [2.24, 2.45) is 0 Å². The van der Waals surface area contributed by atoms with Crippen molar-refractivity contribution < 1.29 is 19.2 Å². The van der Waals surface area contributed by atoms with Crippen LogP contribution in [0.3, 0.4) is 0 Å². The highest BCUT2D eigenvalue weighted by Crippen LogP contribution is 2.47. The van der Waals surface area contributed by atoms with Crippen molar-refractivity contribution in [1.82, 2.24) is 5.32 Å². The van der Waals surface area contributed by atoms with Crippen LogP contribution in [0.15, 0.2) is 40.9 Å². The summed E-state index contributed by atoms with van der Waals surface area (Å²) in [5.41, 5.74) is -0.249. The van der Waals surface area contributed by atoms with Crippen LogP contribution in [-0.2, 0) is 11.2 Å². The lowest BCUT2D eigenvalue weighted by molar-refractivity contribution is -0.527. The third kappa shape index (κ3) is 3.13. The summed E-state index contributed by atoms with van der Waals surface area (Å²) in [6, 6.07) is 7.04. The minimum Gasteiger partial charge on any atom is -0.394 e. The van der Waals surface area contributed by atoms with E-state index in [0.717, 1.165) is 0 Å². The van der Waals surface area contributed by atoms with Gasteiger partial charge in [0.1, 0.15) is 11.4 Å². The van der Waals surface area contributed by atoms with Gasteiger partial charge in [-0.05, 0) is 39.7 Å². The minimum atomic E-state index is -1.51. The van der Waals surface area contributed by atoms with Crippen LogP contribution in [0.1, 0.15) is 17.0 Å². The number of rotatable bonds is 3. The molecule has 0 bridgehead atoms. The average molecular weight is 485 g/mol. The number of nitrogens with one attached hydrogen (secondary N) is 2. The SMILES string of the molecule is O=C1Nc2cc(Cl)ccc2C[C@]12N[C@@H](CO)[C@@H]([N+](=O)[O-])[C@@H]2c1cccc(Br)c1F. The Bertz CT molecular complexity index is 1020. The van der Waals surface area contributed by atoms with Crippen LogP contribution in [0, 0.1) is 15.9 Å². The smallest absolute Gasteiger partial charge is 0.245 e. The molecular weight excluding hydrogens is 469 g/mol.